The number of hydrogen-bond acceptors (Lipinski definition) is 8. The van der Waals surface area contributed by atoms with E-state index in [1.165, 1.54) is 136 Å². The summed E-state index contributed by atoms with van der Waals surface area (Å²) >= 11 is -4.85. The fraction of sp³-hybridized carbons (Fsp3) is 0.490. The zero-order chi connectivity index (χ0) is 85.5. The van der Waals surface area contributed by atoms with Crippen molar-refractivity contribution in [3.8, 4) is 5.75 Å². The van der Waals surface area contributed by atoms with Crippen molar-refractivity contribution < 1.29 is 45.3 Å². The fourth-order valence-corrected chi connectivity index (χ4v) is 28.8. The van der Waals surface area contributed by atoms with Crippen LogP contribution in [-0.4, -0.2) is 91.0 Å². The van der Waals surface area contributed by atoms with Crippen molar-refractivity contribution in [2.45, 2.75) is 270 Å². The van der Waals surface area contributed by atoms with Crippen LogP contribution >= 0.6 is 66.1 Å². The monoisotopic (exact) mass is 2000 g/mol. The Kier molecular flexibility index (Phi) is 43.6. The topological polar surface area (TPSA) is 41.6 Å². The summed E-state index contributed by atoms with van der Waals surface area (Å²) in [5.74, 6) is 2.09. The van der Waals surface area contributed by atoms with E-state index in [4.69, 9.17) is 62.9 Å². The van der Waals surface area contributed by atoms with E-state index in [0.717, 1.165) is 69.1 Å². The molecule has 3 saturated carbocycles. The van der Waals surface area contributed by atoms with E-state index in [1.807, 2.05) is 90.1 Å². The van der Waals surface area contributed by atoms with E-state index in [9.17, 15) is 0 Å². The van der Waals surface area contributed by atoms with Gasteiger partial charge in [0.1, 0.15) is 0 Å². The second-order valence-corrected chi connectivity index (χ2v) is 55.1. The van der Waals surface area contributed by atoms with Crippen LogP contribution in [0.5, 0.6) is 5.75 Å². The van der Waals surface area contributed by atoms with Crippen LogP contribution in [-0.2, 0) is 47.0 Å². The Hall–Kier alpha value is -3.80. The summed E-state index contributed by atoms with van der Waals surface area (Å²) in [6.45, 7) is 52.6. The Bertz CT molecular complexity index is 4130. The number of para-hydroxylation sites is 3. The average molecular weight is 2000 g/mol. The molecule has 3 aliphatic heterocycles. The van der Waals surface area contributed by atoms with Crippen LogP contribution in [0.25, 0.3) is 0 Å². The number of nitrogens with zero attached hydrogens (tertiary/aromatic N) is 7. The zero-order valence-corrected chi connectivity index (χ0v) is 85.0. The predicted octanol–water partition coefficient (Wildman–Crippen LogP) is 29.1. The molecule has 0 N–H and O–H groups in total. The van der Waals surface area contributed by atoms with E-state index < -0.39 is 40.6 Å². The molecule has 0 radical (unpaired) electrons. The molecule has 0 bridgehead atoms. The summed E-state index contributed by atoms with van der Waals surface area (Å²) in [5, 5.41) is 0. The Labute approximate surface area is 756 Å². The molecule has 6 aromatic rings. The minimum atomic E-state index is -1.77. The number of hydrogen-bond donors (Lipinski definition) is 0. The molecule has 6 fully saturated rings. The van der Waals surface area contributed by atoms with Crippen LogP contribution in [0.1, 0.15) is 241 Å². The Morgan fingerprint density at radius 1 is 0.475 bits per heavy atom. The summed E-state index contributed by atoms with van der Waals surface area (Å²) in [7, 11) is 34.0. The molecule has 5 aromatic carbocycles. The van der Waals surface area contributed by atoms with Crippen molar-refractivity contribution in [1.82, 2.24) is 14.8 Å². The normalized spacial score (nSPS) is 18.8. The average Bonchev–Trinajstić information content (AvgIpc) is 1.64. The number of anilines is 4. The third kappa shape index (κ3) is 32.3. The first kappa shape index (κ1) is 99.6. The third-order valence-corrected chi connectivity index (χ3v) is 33.8. The number of rotatable bonds is 16. The fourth-order valence-electron chi connectivity index (χ4n) is 18.9. The molecule has 118 heavy (non-hydrogen) atoms. The first-order valence-electron chi connectivity index (χ1n) is 43.3. The summed E-state index contributed by atoms with van der Waals surface area (Å²) in [6.07, 6.45) is 36.7. The summed E-state index contributed by atoms with van der Waals surface area (Å²) in [4.78, 5) is 18.7. The number of benzene rings is 5. The SMILES string of the molecule is C1CCC([PH+](C2CCCCC2)C2CCCCC2)CC1.CC(C)=C[CH]=[Ru]([Cl])[Cl].CC(C)Oc1ccccc1[CH]=[Ru]([Cl])[Cl].CC1=CC(C)=C(N2[CH-]N(C3=C(C)C=C(C)C[C@@H]3C)CC2)[C@H](C)C1.Cc1cc(C)c(N2[CH-]N(c3c(C)cc(C)cc3C)CC2)c(C)c1.Cc1ccccc1N1[CH-]N(c2ccccc2C)CC1.[Cl][Ru]([Cl])=[CH]CCc1ccccn1. The van der Waals surface area contributed by atoms with E-state index in [0.29, 0.717) is 11.8 Å². The molecular formula is C100H140Cl6N7OPRu3-2. The number of ether oxygens (including phenoxy) is 1. The van der Waals surface area contributed by atoms with Crippen molar-refractivity contribution in [2.75, 3.05) is 58.9 Å². The van der Waals surface area contributed by atoms with Crippen LogP contribution in [0.15, 0.2) is 179 Å². The van der Waals surface area contributed by atoms with Crippen molar-refractivity contribution in [2.24, 2.45) is 11.8 Å². The van der Waals surface area contributed by atoms with Gasteiger partial charge in [0.25, 0.3) is 0 Å². The molecule has 8 aliphatic rings. The van der Waals surface area contributed by atoms with Gasteiger partial charge in [-0.05, 0) is 253 Å². The molecule has 8 nitrogen and oxygen atoms in total. The van der Waals surface area contributed by atoms with Crippen molar-refractivity contribution in [3.05, 3.63) is 255 Å². The number of allylic oxidation sites excluding steroid dienone is 10. The van der Waals surface area contributed by atoms with Gasteiger partial charge in [0.2, 0.25) is 0 Å². The molecule has 18 heteroatoms. The molecule has 14 rings (SSSR count). The van der Waals surface area contributed by atoms with E-state index in [2.05, 4.69) is 236 Å². The van der Waals surface area contributed by atoms with E-state index in [-0.39, 0.29) is 14.0 Å². The van der Waals surface area contributed by atoms with Crippen LogP contribution in [0.2, 0.25) is 0 Å². The van der Waals surface area contributed by atoms with Gasteiger partial charge in [0.15, 0.2) is 0 Å². The van der Waals surface area contributed by atoms with Gasteiger partial charge in [-0.25, -0.2) is 0 Å². The van der Waals surface area contributed by atoms with Crippen molar-refractivity contribution >= 4 is 103 Å². The summed E-state index contributed by atoms with van der Waals surface area (Å²) in [6, 6.07) is 39.9. The van der Waals surface area contributed by atoms with Gasteiger partial charge in [-0.3, -0.25) is 0 Å². The molecular weight excluding hydrogens is 1860 g/mol. The predicted molar refractivity (Wildman–Crippen MR) is 515 cm³/mol. The Morgan fingerprint density at radius 3 is 1.24 bits per heavy atom. The number of aryl methyl sites for hydroxylation is 9. The van der Waals surface area contributed by atoms with Gasteiger partial charge in [0.05, 0.1) is 17.0 Å². The number of aromatic nitrogens is 1. The van der Waals surface area contributed by atoms with Crippen molar-refractivity contribution in [1.29, 1.82) is 0 Å². The van der Waals surface area contributed by atoms with Gasteiger partial charge in [0, 0.05) is 69.9 Å². The van der Waals surface area contributed by atoms with Gasteiger partial charge in [-0.2, -0.15) is 20.0 Å². The third-order valence-electron chi connectivity index (χ3n) is 23.3. The van der Waals surface area contributed by atoms with Gasteiger partial charge in [-0.15, -0.1) is 0 Å². The minimum absolute atomic E-state index is 0.0465. The Balaban J connectivity index is 0.000000175. The first-order valence-corrected chi connectivity index (χ1v) is 61.4. The summed E-state index contributed by atoms with van der Waals surface area (Å²) < 4.78 is 11.4. The molecule has 3 saturated heterocycles. The standard InChI is InChI=1S/C21H31N2.C21H27N2.C18H33P.C17H19N2.C10H12O.C8H9N.C5H8.6ClH.3Ru/c2*1-14-9-16(3)20(17(4)10-14)22-7-8-23(13-22)21-18(5)11-15(2)12-19(21)6;1-4-10-16(11-5-1)19(17-12-6-2-7-13-17)18-14-8-3-9-15-18;1-14-7-3-5-9-16(14)18-11-12-19(13-18)17-10-6-4-8-15(17)2;1-8(2)11-10-7-5-4-6-9(10)3;1-2-5-8-6-3-4-7-9-8;1-4-5(2)3;;;;;;;;;/h9,11,13,17,19H,7-8,10,12H2,1-6H3;9-13H,7-8H2,1-6H3;16-18H,1-15H2;3-10,13H,11-12H2,1-2H3;3-8H,1-2H3;1,3-4,6-7H,2,5H2;1,4H,2-3H3;6*1H;;;/q2*-1;;-1;;;;;;;;;;3*+2/p-5/t17-,19+;;;;;;;;;;;;;;;. The van der Waals surface area contributed by atoms with Crippen molar-refractivity contribution in [3.63, 3.8) is 0 Å². The maximum atomic E-state index is 5.82. The van der Waals surface area contributed by atoms with Crippen LogP contribution < -0.4 is 24.3 Å². The van der Waals surface area contributed by atoms with Crippen LogP contribution in [0, 0.1) is 87.2 Å². The summed E-state index contributed by atoms with van der Waals surface area (Å²) in [5.41, 5.74) is 32.0. The molecule has 4 heterocycles. The van der Waals surface area contributed by atoms with Crippen LogP contribution in [0.3, 0.4) is 0 Å². The molecule has 0 amide bonds. The molecule has 0 spiro atoms. The second-order valence-electron chi connectivity index (χ2n) is 34.2. The molecule has 0 unspecified atom stereocenters. The molecule has 654 valence electrons. The van der Waals surface area contributed by atoms with Gasteiger partial charge in [-0.1, -0.05) is 128 Å². The molecule has 1 aromatic heterocycles. The first-order chi connectivity index (χ1) is 56.4. The quantitative estimate of drug-likeness (QED) is 0.0539. The molecule has 2 atom stereocenters. The number of halogens is 6. The number of pyridine rings is 1. The van der Waals surface area contributed by atoms with Gasteiger partial charge >= 0.3 is 246 Å². The van der Waals surface area contributed by atoms with Crippen LogP contribution in [0.4, 0.5) is 22.7 Å². The Morgan fingerprint density at radius 2 is 0.864 bits per heavy atom. The maximum absolute atomic E-state index is 5.82. The zero-order valence-electron chi connectivity index (χ0n) is 74.3. The van der Waals surface area contributed by atoms with E-state index >= 15 is 0 Å². The molecule has 5 aliphatic carbocycles. The second kappa shape index (κ2) is 51.6. The van der Waals surface area contributed by atoms with Gasteiger partial charge < -0.3 is 29.4 Å². The van der Waals surface area contributed by atoms with E-state index in [1.54, 1.807) is 103 Å².